The maximum Gasteiger partial charge on any atom is 0.211 e. The van der Waals surface area contributed by atoms with Crippen molar-refractivity contribution in [3.63, 3.8) is 0 Å². The molecule has 2 aromatic carbocycles. The maximum atomic E-state index is 11.9. The van der Waals surface area contributed by atoms with Crippen LogP contribution in [-0.2, 0) is 29.4 Å². The second-order valence-corrected chi connectivity index (χ2v) is 9.42. The first-order valence-electron chi connectivity index (χ1n) is 9.47. The molecule has 0 spiro atoms. The molecule has 0 atom stereocenters. The fourth-order valence-corrected chi connectivity index (χ4v) is 4.70. The van der Waals surface area contributed by atoms with E-state index in [9.17, 15) is 8.42 Å². The summed E-state index contributed by atoms with van der Waals surface area (Å²) >= 11 is 0. The zero-order valence-corrected chi connectivity index (χ0v) is 17.0. The maximum absolute atomic E-state index is 11.9. The summed E-state index contributed by atoms with van der Waals surface area (Å²) in [6, 6.07) is 18.8. The molecule has 0 saturated carbocycles. The van der Waals surface area contributed by atoms with E-state index >= 15 is 0 Å². The molecular formula is C23H24N2O2S. The van der Waals surface area contributed by atoms with E-state index in [0.717, 1.165) is 29.7 Å². The lowest BCUT2D eigenvalue weighted by Crippen LogP contribution is -2.35. The molecule has 0 aliphatic carbocycles. The van der Waals surface area contributed by atoms with Crippen molar-refractivity contribution in [1.29, 1.82) is 0 Å². The number of hydrogen-bond acceptors (Lipinski definition) is 3. The van der Waals surface area contributed by atoms with Gasteiger partial charge in [-0.05, 0) is 65.8 Å². The zero-order chi connectivity index (χ0) is 19.7. The van der Waals surface area contributed by atoms with Gasteiger partial charge in [-0.15, -0.1) is 0 Å². The Kier molecular flexibility index (Phi) is 5.04. The van der Waals surface area contributed by atoms with Crippen LogP contribution in [0.15, 0.2) is 60.8 Å². The fourth-order valence-electron chi connectivity index (χ4n) is 3.91. The highest BCUT2D eigenvalue weighted by Gasteiger charge is 2.24. The molecule has 0 saturated heterocycles. The Morgan fingerprint density at radius 3 is 2.68 bits per heavy atom. The van der Waals surface area contributed by atoms with E-state index in [4.69, 9.17) is 0 Å². The standard InChI is InChI=1S/C23H24N2O2S/c1-17-9-10-18(15-22(17)23-8-3-4-12-24-23)14-19-6-5-7-20-16-25(28(2,26)27)13-11-21(19)20/h3-10,12,15H,11,13-14,16H2,1-2H3. The van der Waals surface area contributed by atoms with E-state index in [0.29, 0.717) is 13.1 Å². The predicted molar refractivity (Wildman–Crippen MR) is 113 cm³/mol. The third kappa shape index (κ3) is 3.86. The molecule has 0 amide bonds. The van der Waals surface area contributed by atoms with E-state index in [2.05, 4.69) is 36.2 Å². The van der Waals surface area contributed by atoms with Gasteiger partial charge in [-0.2, -0.15) is 4.31 Å². The summed E-state index contributed by atoms with van der Waals surface area (Å²) in [6.45, 7) is 3.13. The van der Waals surface area contributed by atoms with Crippen LogP contribution in [0.5, 0.6) is 0 Å². The van der Waals surface area contributed by atoms with Gasteiger partial charge in [-0.3, -0.25) is 4.98 Å². The molecule has 0 unspecified atom stereocenters. The van der Waals surface area contributed by atoms with E-state index in [1.165, 1.54) is 28.5 Å². The van der Waals surface area contributed by atoms with Gasteiger partial charge in [0.2, 0.25) is 10.0 Å². The van der Waals surface area contributed by atoms with Gasteiger partial charge in [-0.1, -0.05) is 36.4 Å². The van der Waals surface area contributed by atoms with Crippen molar-refractivity contribution in [3.8, 4) is 11.3 Å². The van der Waals surface area contributed by atoms with Gasteiger partial charge in [0.15, 0.2) is 0 Å². The second-order valence-electron chi connectivity index (χ2n) is 7.44. The van der Waals surface area contributed by atoms with E-state index in [1.54, 1.807) is 4.31 Å². The van der Waals surface area contributed by atoms with Crippen LogP contribution < -0.4 is 0 Å². The summed E-state index contributed by atoms with van der Waals surface area (Å²) in [5.41, 5.74) is 8.29. The van der Waals surface area contributed by atoms with Gasteiger partial charge in [0, 0.05) is 24.8 Å². The predicted octanol–water partition coefficient (Wildman–Crippen LogP) is 3.97. The van der Waals surface area contributed by atoms with Gasteiger partial charge >= 0.3 is 0 Å². The molecule has 1 aromatic heterocycles. The third-order valence-corrected chi connectivity index (χ3v) is 6.68. The van der Waals surface area contributed by atoms with Crippen molar-refractivity contribution in [2.24, 2.45) is 0 Å². The van der Waals surface area contributed by atoms with Crippen LogP contribution in [0, 0.1) is 6.92 Å². The Morgan fingerprint density at radius 1 is 1.07 bits per heavy atom. The first-order chi connectivity index (χ1) is 13.4. The molecule has 1 aliphatic heterocycles. The number of hydrogen-bond donors (Lipinski definition) is 0. The number of aryl methyl sites for hydroxylation is 1. The SMILES string of the molecule is Cc1ccc(Cc2cccc3c2CCN(S(C)(=O)=O)C3)cc1-c1ccccn1. The molecule has 144 valence electrons. The van der Waals surface area contributed by atoms with Gasteiger partial charge < -0.3 is 0 Å². The summed E-state index contributed by atoms with van der Waals surface area (Å²) in [4.78, 5) is 4.50. The topological polar surface area (TPSA) is 50.3 Å². The van der Waals surface area contributed by atoms with E-state index in [-0.39, 0.29) is 0 Å². The van der Waals surface area contributed by atoms with Crippen LogP contribution in [-0.4, -0.2) is 30.5 Å². The lowest BCUT2D eigenvalue weighted by atomic mass is 9.90. The quantitative estimate of drug-likeness (QED) is 0.675. The van der Waals surface area contributed by atoms with Crippen molar-refractivity contribution in [2.45, 2.75) is 26.3 Å². The summed E-state index contributed by atoms with van der Waals surface area (Å²) in [5, 5.41) is 0. The number of benzene rings is 2. The Morgan fingerprint density at radius 2 is 1.93 bits per heavy atom. The molecular weight excluding hydrogens is 368 g/mol. The average molecular weight is 393 g/mol. The zero-order valence-electron chi connectivity index (χ0n) is 16.2. The van der Waals surface area contributed by atoms with Crippen molar-refractivity contribution in [1.82, 2.24) is 9.29 Å². The van der Waals surface area contributed by atoms with Crippen LogP contribution in [0.4, 0.5) is 0 Å². The second kappa shape index (κ2) is 7.49. The Hall–Kier alpha value is -2.50. The molecule has 4 nitrogen and oxygen atoms in total. The highest BCUT2D eigenvalue weighted by atomic mass is 32.2. The van der Waals surface area contributed by atoms with Crippen molar-refractivity contribution < 1.29 is 8.42 Å². The number of nitrogens with zero attached hydrogens (tertiary/aromatic N) is 2. The average Bonchev–Trinajstić information content (AvgIpc) is 2.69. The lowest BCUT2D eigenvalue weighted by Gasteiger charge is -2.28. The van der Waals surface area contributed by atoms with Gasteiger partial charge in [0.1, 0.15) is 0 Å². The van der Waals surface area contributed by atoms with Crippen LogP contribution in [0.2, 0.25) is 0 Å². The highest BCUT2D eigenvalue weighted by Crippen LogP contribution is 2.28. The van der Waals surface area contributed by atoms with E-state index < -0.39 is 10.0 Å². The van der Waals surface area contributed by atoms with Crippen LogP contribution >= 0.6 is 0 Å². The van der Waals surface area contributed by atoms with Crippen molar-refractivity contribution >= 4 is 10.0 Å². The van der Waals surface area contributed by atoms with Gasteiger partial charge in [0.25, 0.3) is 0 Å². The van der Waals surface area contributed by atoms with E-state index in [1.807, 2.05) is 36.5 Å². The van der Waals surface area contributed by atoms with Crippen molar-refractivity contribution in [2.75, 3.05) is 12.8 Å². The smallest absolute Gasteiger partial charge is 0.211 e. The summed E-state index contributed by atoms with van der Waals surface area (Å²) in [6.07, 6.45) is 4.70. The van der Waals surface area contributed by atoms with Crippen LogP contribution in [0.25, 0.3) is 11.3 Å². The molecule has 0 radical (unpaired) electrons. The minimum Gasteiger partial charge on any atom is -0.256 e. The minimum atomic E-state index is -3.15. The summed E-state index contributed by atoms with van der Waals surface area (Å²) < 4.78 is 25.4. The molecule has 3 aromatic rings. The number of pyridine rings is 1. The first kappa shape index (κ1) is 18.8. The summed E-state index contributed by atoms with van der Waals surface area (Å²) in [7, 11) is -3.15. The molecule has 0 N–H and O–H groups in total. The first-order valence-corrected chi connectivity index (χ1v) is 11.3. The van der Waals surface area contributed by atoms with Gasteiger partial charge in [0.05, 0.1) is 11.9 Å². The minimum absolute atomic E-state index is 0.467. The molecule has 1 aliphatic rings. The van der Waals surface area contributed by atoms with Crippen LogP contribution in [0.1, 0.15) is 27.8 Å². The Labute approximate surface area is 166 Å². The molecule has 0 fully saturated rings. The molecule has 0 bridgehead atoms. The highest BCUT2D eigenvalue weighted by molar-refractivity contribution is 7.88. The molecule has 28 heavy (non-hydrogen) atoms. The molecule has 5 heteroatoms. The Balaban J connectivity index is 1.65. The monoisotopic (exact) mass is 392 g/mol. The summed E-state index contributed by atoms with van der Waals surface area (Å²) in [5.74, 6) is 0. The number of aromatic nitrogens is 1. The number of rotatable bonds is 4. The van der Waals surface area contributed by atoms with Crippen molar-refractivity contribution in [3.05, 3.63) is 88.6 Å². The molecule has 2 heterocycles. The number of sulfonamides is 1. The fraction of sp³-hybridized carbons (Fsp3) is 0.261. The third-order valence-electron chi connectivity index (χ3n) is 5.43. The lowest BCUT2D eigenvalue weighted by molar-refractivity contribution is 0.394. The normalized spacial score (nSPS) is 14.6. The Bertz CT molecular complexity index is 1110. The van der Waals surface area contributed by atoms with Crippen LogP contribution in [0.3, 0.4) is 0 Å². The molecule has 4 rings (SSSR count). The largest absolute Gasteiger partial charge is 0.256 e. The number of fused-ring (bicyclic) bond motifs is 1. The van der Waals surface area contributed by atoms with Gasteiger partial charge in [-0.25, -0.2) is 8.42 Å².